The Morgan fingerprint density at radius 1 is 1.38 bits per heavy atom. The lowest BCUT2D eigenvalue weighted by atomic mass is 10.1. The van der Waals surface area contributed by atoms with E-state index in [2.05, 4.69) is 24.1 Å². The minimum absolute atomic E-state index is 0.108. The minimum atomic E-state index is -1.04. The summed E-state index contributed by atoms with van der Waals surface area (Å²) >= 11 is 0. The molecular formula is C16H23FN2O2. The Balaban J connectivity index is 2.04. The van der Waals surface area contributed by atoms with Gasteiger partial charge in [0, 0.05) is 18.6 Å². The third-order valence-corrected chi connectivity index (χ3v) is 4.07. The summed E-state index contributed by atoms with van der Waals surface area (Å²) in [6.45, 7) is 6.41. The van der Waals surface area contributed by atoms with Crippen LogP contribution >= 0.6 is 0 Å². The van der Waals surface area contributed by atoms with Crippen LogP contribution in [0.3, 0.4) is 0 Å². The van der Waals surface area contributed by atoms with E-state index in [4.69, 9.17) is 5.11 Å². The molecule has 4 nitrogen and oxygen atoms in total. The molecule has 1 atom stereocenters. The van der Waals surface area contributed by atoms with Crippen LogP contribution in [-0.2, 0) is 0 Å². The second-order valence-electron chi connectivity index (χ2n) is 5.90. The predicted octanol–water partition coefficient (Wildman–Crippen LogP) is 3.20. The summed E-state index contributed by atoms with van der Waals surface area (Å²) in [6.07, 6.45) is 2.98. The van der Waals surface area contributed by atoms with Gasteiger partial charge in [-0.2, -0.15) is 0 Å². The van der Waals surface area contributed by atoms with Gasteiger partial charge in [-0.15, -0.1) is 0 Å². The van der Waals surface area contributed by atoms with Gasteiger partial charge in [0.15, 0.2) is 0 Å². The minimum Gasteiger partial charge on any atom is -0.478 e. The number of hydrogen-bond acceptors (Lipinski definition) is 3. The number of nitrogens with zero attached hydrogens (tertiary/aromatic N) is 1. The van der Waals surface area contributed by atoms with E-state index in [0.717, 1.165) is 32.4 Å². The van der Waals surface area contributed by atoms with Crippen molar-refractivity contribution >= 4 is 11.7 Å². The maximum atomic E-state index is 13.8. The molecule has 0 aromatic heterocycles. The quantitative estimate of drug-likeness (QED) is 0.895. The molecule has 0 saturated carbocycles. The van der Waals surface area contributed by atoms with Crippen molar-refractivity contribution in [3.63, 3.8) is 0 Å². The Hall–Kier alpha value is -1.62. The predicted molar refractivity (Wildman–Crippen MR) is 81.3 cm³/mol. The number of aromatic carboxylic acids is 1. The molecule has 1 fully saturated rings. The molecule has 21 heavy (non-hydrogen) atoms. The molecule has 0 bridgehead atoms. The van der Waals surface area contributed by atoms with E-state index in [1.807, 2.05) is 0 Å². The summed E-state index contributed by atoms with van der Waals surface area (Å²) in [6, 6.07) is 4.59. The van der Waals surface area contributed by atoms with Gasteiger partial charge in [-0.1, -0.05) is 0 Å². The van der Waals surface area contributed by atoms with E-state index in [1.165, 1.54) is 18.2 Å². The number of rotatable bonds is 4. The number of halogens is 1. The van der Waals surface area contributed by atoms with Gasteiger partial charge in [0.2, 0.25) is 0 Å². The molecule has 1 aromatic carbocycles. The van der Waals surface area contributed by atoms with Crippen LogP contribution < -0.4 is 5.32 Å². The lowest BCUT2D eigenvalue weighted by Gasteiger charge is -2.24. The molecule has 2 rings (SSSR count). The van der Waals surface area contributed by atoms with Gasteiger partial charge in [0.05, 0.1) is 11.3 Å². The highest BCUT2D eigenvalue weighted by molar-refractivity contribution is 5.88. The van der Waals surface area contributed by atoms with Crippen molar-refractivity contribution in [1.82, 2.24) is 4.90 Å². The molecule has 2 N–H and O–H groups in total. The van der Waals surface area contributed by atoms with Crippen LogP contribution in [0, 0.1) is 5.82 Å². The smallest absolute Gasteiger partial charge is 0.335 e. The molecule has 1 aliphatic heterocycles. The highest BCUT2D eigenvalue weighted by Gasteiger charge is 2.19. The molecule has 5 heteroatoms. The van der Waals surface area contributed by atoms with Gasteiger partial charge in [-0.05, 0) is 57.9 Å². The molecule has 1 aliphatic rings. The second-order valence-corrected chi connectivity index (χ2v) is 5.90. The molecule has 1 heterocycles. The van der Waals surface area contributed by atoms with Crippen molar-refractivity contribution in [3.8, 4) is 0 Å². The monoisotopic (exact) mass is 294 g/mol. The van der Waals surface area contributed by atoms with Crippen molar-refractivity contribution in [3.05, 3.63) is 29.6 Å². The lowest BCUT2D eigenvalue weighted by Crippen LogP contribution is -2.32. The summed E-state index contributed by atoms with van der Waals surface area (Å²) in [4.78, 5) is 13.4. The zero-order valence-electron chi connectivity index (χ0n) is 12.6. The highest BCUT2D eigenvalue weighted by Crippen LogP contribution is 2.21. The summed E-state index contributed by atoms with van der Waals surface area (Å²) < 4.78 is 13.8. The number of carboxylic acid groups (broad SMARTS) is 1. The first kappa shape index (κ1) is 15.8. The fourth-order valence-electron chi connectivity index (χ4n) is 2.77. The Morgan fingerprint density at radius 2 is 2.14 bits per heavy atom. The number of nitrogens with one attached hydrogen (secondary N) is 1. The van der Waals surface area contributed by atoms with Crippen molar-refractivity contribution in [1.29, 1.82) is 0 Å². The van der Waals surface area contributed by atoms with Gasteiger partial charge in [0.25, 0.3) is 0 Å². The van der Waals surface area contributed by atoms with Gasteiger partial charge >= 0.3 is 5.97 Å². The average molecular weight is 294 g/mol. The van der Waals surface area contributed by atoms with E-state index >= 15 is 0 Å². The maximum absolute atomic E-state index is 13.8. The molecule has 1 unspecified atom stereocenters. The maximum Gasteiger partial charge on any atom is 0.335 e. The Morgan fingerprint density at radius 3 is 2.81 bits per heavy atom. The fraction of sp³-hybridized carbons (Fsp3) is 0.562. The van der Waals surface area contributed by atoms with Crippen molar-refractivity contribution in [2.45, 2.75) is 45.2 Å². The molecule has 0 amide bonds. The molecule has 0 aliphatic carbocycles. The Labute approximate surface area is 125 Å². The largest absolute Gasteiger partial charge is 0.478 e. The van der Waals surface area contributed by atoms with Crippen LogP contribution in [0.5, 0.6) is 0 Å². The van der Waals surface area contributed by atoms with Gasteiger partial charge < -0.3 is 15.3 Å². The third kappa shape index (κ3) is 4.17. The number of anilines is 1. The number of carboxylic acids is 1. The van der Waals surface area contributed by atoms with E-state index in [1.54, 1.807) is 0 Å². The van der Waals surface area contributed by atoms with Crippen LogP contribution in [-0.4, -0.2) is 41.1 Å². The standard InChI is InChI=1S/C16H23FN2O2/c1-11(2)19-8-3-4-13(7-9-19)18-15-10-12(16(20)21)5-6-14(15)17/h5-6,10-11,13,18H,3-4,7-9H2,1-2H3,(H,20,21). The van der Waals surface area contributed by atoms with Crippen LogP contribution in [0.4, 0.5) is 10.1 Å². The lowest BCUT2D eigenvalue weighted by molar-refractivity contribution is 0.0697. The van der Waals surface area contributed by atoms with Crippen LogP contribution in [0.15, 0.2) is 18.2 Å². The molecule has 1 aromatic rings. The highest BCUT2D eigenvalue weighted by atomic mass is 19.1. The SMILES string of the molecule is CC(C)N1CCCC(Nc2cc(C(=O)O)ccc2F)CC1. The molecular weight excluding hydrogens is 271 g/mol. The number of likely N-dealkylation sites (tertiary alicyclic amines) is 1. The molecule has 0 spiro atoms. The van der Waals surface area contributed by atoms with Crippen molar-refractivity contribution < 1.29 is 14.3 Å². The average Bonchev–Trinajstić information content (AvgIpc) is 2.66. The van der Waals surface area contributed by atoms with Gasteiger partial charge in [-0.25, -0.2) is 9.18 Å². The number of carbonyl (C=O) groups is 1. The third-order valence-electron chi connectivity index (χ3n) is 4.07. The van der Waals surface area contributed by atoms with E-state index < -0.39 is 11.8 Å². The first-order valence-corrected chi connectivity index (χ1v) is 7.51. The van der Waals surface area contributed by atoms with E-state index in [9.17, 15) is 9.18 Å². The topological polar surface area (TPSA) is 52.6 Å². The number of hydrogen-bond donors (Lipinski definition) is 2. The number of benzene rings is 1. The van der Waals surface area contributed by atoms with Crippen LogP contribution in [0.1, 0.15) is 43.5 Å². The summed E-state index contributed by atoms with van der Waals surface area (Å²) in [5.74, 6) is -1.44. The zero-order valence-corrected chi connectivity index (χ0v) is 12.6. The van der Waals surface area contributed by atoms with Crippen molar-refractivity contribution in [2.75, 3.05) is 18.4 Å². The fourth-order valence-corrected chi connectivity index (χ4v) is 2.77. The Bertz CT molecular complexity index is 505. The van der Waals surface area contributed by atoms with Crippen molar-refractivity contribution in [2.24, 2.45) is 0 Å². The molecule has 116 valence electrons. The summed E-state index contributed by atoms with van der Waals surface area (Å²) in [7, 11) is 0. The second kappa shape index (κ2) is 6.89. The summed E-state index contributed by atoms with van der Waals surface area (Å²) in [5.41, 5.74) is 0.397. The van der Waals surface area contributed by atoms with Crippen LogP contribution in [0.25, 0.3) is 0 Å². The first-order valence-electron chi connectivity index (χ1n) is 7.51. The van der Waals surface area contributed by atoms with Gasteiger partial charge in [-0.3, -0.25) is 0 Å². The first-order chi connectivity index (χ1) is 9.97. The Kier molecular flexibility index (Phi) is 5.17. The van der Waals surface area contributed by atoms with E-state index in [-0.39, 0.29) is 17.3 Å². The molecule has 1 saturated heterocycles. The van der Waals surface area contributed by atoms with Crippen LogP contribution in [0.2, 0.25) is 0 Å². The van der Waals surface area contributed by atoms with E-state index in [0.29, 0.717) is 6.04 Å². The zero-order chi connectivity index (χ0) is 15.4. The summed E-state index contributed by atoms with van der Waals surface area (Å²) in [5, 5.41) is 12.2. The molecule has 0 radical (unpaired) electrons. The van der Waals surface area contributed by atoms with Gasteiger partial charge in [0.1, 0.15) is 5.82 Å². The normalized spacial score (nSPS) is 20.3.